The van der Waals surface area contributed by atoms with Crippen molar-refractivity contribution in [1.29, 1.82) is 0 Å². The van der Waals surface area contributed by atoms with Gasteiger partial charge in [0.25, 0.3) is 5.91 Å². The molecule has 0 heterocycles. The molecule has 2 unspecified atom stereocenters. The largest absolute Gasteiger partial charge is 0.373 e. The van der Waals surface area contributed by atoms with Crippen LogP contribution < -0.4 is 11.3 Å². The molecule has 2 rings (SSSR count). The van der Waals surface area contributed by atoms with Crippen LogP contribution in [0, 0.1) is 5.92 Å². The van der Waals surface area contributed by atoms with Gasteiger partial charge < -0.3 is 4.74 Å². The summed E-state index contributed by atoms with van der Waals surface area (Å²) in [4.78, 5) is 11.3. The molecule has 1 saturated carbocycles. The van der Waals surface area contributed by atoms with Gasteiger partial charge >= 0.3 is 0 Å². The topological polar surface area (TPSA) is 64.3 Å². The van der Waals surface area contributed by atoms with E-state index in [-0.39, 0.29) is 5.91 Å². The van der Waals surface area contributed by atoms with Crippen LogP contribution in [0.15, 0.2) is 24.3 Å². The Kier molecular flexibility index (Phi) is 5.56. The van der Waals surface area contributed by atoms with Gasteiger partial charge in [0.15, 0.2) is 0 Å². The van der Waals surface area contributed by atoms with E-state index in [4.69, 9.17) is 10.6 Å². The van der Waals surface area contributed by atoms with Gasteiger partial charge in [0, 0.05) is 5.56 Å². The minimum absolute atomic E-state index is 0.268. The van der Waals surface area contributed by atoms with E-state index in [9.17, 15) is 4.79 Å². The second kappa shape index (κ2) is 7.41. The number of ether oxygens (including phenoxy) is 1. The van der Waals surface area contributed by atoms with Crippen LogP contribution in [0.4, 0.5) is 0 Å². The number of benzene rings is 1. The third-order valence-corrected chi connectivity index (χ3v) is 4.18. The first-order valence-corrected chi connectivity index (χ1v) is 7.46. The summed E-state index contributed by atoms with van der Waals surface area (Å²) >= 11 is 0. The molecule has 1 aliphatic rings. The number of rotatable bonds is 5. The van der Waals surface area contributed by atoms with Gasteiger partial charge in [-0.1, -0.05) is 38.3 Å². The van der Waals surface area contributed by atoms with Crippen molar-refractivity contribution in [2.24, 2.45) is 11.8 Å². The molecule has 110 valence electrons. The van der Waals surface area contributed by atoms with Crippen molar-refractivity contribution in [2.75, 3.05) is 0 Å². The average molecular weight is 276 g/mol. The lowest BCUT2D eigenvalue weighted by molar-refractivity contribution is -0.0221. The van der Waals surface area contributed by atoms with Crippen LogP contribution >= 0.6 is 0 Å². The summed E-state index contributed by atoms with van der Waals surface area (Å²) in [6.07, 6.45) is 6.65. The van der Waals surface area contributed by atoms with Crippen LogP contribution in [-0.4, -0.2) is 12.0 Å². The van der Waals surface area contributed by atoms with E-state index in [1.807, 2.05) is 12.1 Å². The van der Waals surface area contributed by atoms with Crippen molar-refractivity contribution >= 4 is 5.91 Å². The molecule has 0 spiro atoms. The molecule has 20 heavy (non-hydrogen) atoms. The number of nitrogens with one attached hydrogen (secondary N) is 1. The molecule has 4 nitrogen and oxygen atoms in total. The van der Waals surface area contributed by atoms with Crippen molar-refractivity contribution in [1.82, 2.24) is 5.43 Å². The zero-order valence-corrected chi connectivity index (χ0v) is 12.1. The predicted molar refractivity (Wildman–Crippen MR) is 78.9 cm³/mol. The molecule has 0 aliphatic heterocycles. The van der Waals surface area contributed by atoms with E-state index in [1.54, 1.807) is 12.1 Å². The number of amides is 1. The van der Waals surface area contributed by atoms with Crippen LogP contribution in [0.3, 0.4) is 0 Å². The maximum Gasteiger partial charge on any atom is 0.265 e. The quantitative estimate of drug-likeness (QED) is 0.494. The number of hydrazine groups is 1. The molecule has 1 aromatic carbocycles. The number of hydrogen-bond acceptors (Lipinski definition) is 3. The SMILES string of the molecule is CCC1CCCCC1OCc1ccc(C(=O)NN)cc1. The van der Waals surface area contributed by atoms with E-state index < -0.39 is 0 Å². The summed E-state index contributed by atoms with van der Waals surface area (Å²) in [6, 6.07) is 7.40. The Morgan fingerprint density at radius 3 is 2.65 bits per heavy atom. The Morgan fingerprint density at radius 2 is 2.00 bits per heavy atom. The van der Waals surface area contributed by atoms with E-state index in [0.29, 0.717) is 24.2 Å². The number of carbonyl (C=O) groups excluding carboxylic acids is 1. The first-order valence-electron chi connectivity index (χ1n) is 7.46. The molecule has 0 aromatic heterocycles. The van der Waals surface area contributed by atoms with Gasteiger partial charge in [-0.3, -0.25) is 10.2 Å². The fourth-order valence-electron chi connectivity index (χ4n) is 2.90. The third kappa shape index (κ3) is 3.81. The normalized spacial score (nSPS) is 22.5. The van der Waals surface area contributed by atoms with Crippen LogP contribution in [0.1, 0.15) is 54.9 Å². The van der Waals surface area contributed by atoms with E-state index >= 15 is 0 Å². The molecule has 4 heteroatoms. The predicted octanol–water partition coefficient (Wildman–Crippen LogP) is 2.78. The molecule has 1 amide bonds. The minimum Gasteiger partial charge on any atom is -0.373 e. The van der Waals surface area contributed by atoms with Gasteiger partial charge in [0.2, 0.25) is 0 Å². The highest BCUT2D eigenvalue weighted by molar-refractivity contribution is 5.93. The molecule has 3 N–H and O–H groups in total. The van der Waals surface area contributed by atoms with E-state index in [1.165, 1.54) is 32.1 Å². The van der Waals surface area contributed by atoms with Crippen molar-refractivity contribution in [3.05, 3.63) is 35.4 Å². The van der Waals surface area contributed by atoms with Crippen LogP contribution in [-0.2, 0) is 11.3 Å². The van der Waals surface area contributed by atoms with Crippen LogP contribution in [0.25, 0.3) is 0 Å². The maximum absolute atomic E-state index is 11.3. The summed E-state index contributed by atoms with van der Waals surface area (Å²) in [5.74, 6) is 5.54. The molecule has 0 radical (unpaired) electrons. The van der Waals surface area contributed by atoms with E-state index in [2.05, 4.69) is 12.3 Å². The van der Waals surface area contributed by atoms with Crippen molar-refractivity contribution in [2.45, 2.75) is 51.7 Å². The number of carbonyl (C=O) groups is 1. The molecule has 2 atom stereocenters. The first kappa shape index (κ1) is 15.0. The van der Waals surface area contributed by atoms with Gasteiger partial charge in [0.1, 0.15) is 0 Å². The Morgan fingerprint density at radius 1 is 1.30 bits per heavy atom. The molecule has 1 aliphatic carbocycles. The smallest absolute Gasteiger partial charge is 0.265 e. The lowest BCUT2D eigenvalue weighted by Crippen LogP contribution is -2.29. The van der Waals surface area contributed by atoms with Crippen LogP contribution in [0.2, 0.25) is 0 Å². The number of nitrogens with two attached hydrogens (primary N) is 1. The Bertz CT molecular complexity index is 431. The molecule has 1 aromatic rings. The fraction of sp³-hybridized carbons (Fsp3) is 0.562. The average Bonchev–Trinajstić information content (AvgIpc) is 2.53. The standard InChI is InChI=1S/C16H24N2O2/c1-2-13-5-3-4-6-15(13)20-11-12-7-9-14(10-8-12)16(19)18-17/h7-10,13,15H,2-6,11,17H2,1H3,(H,18,19). The molecule has 0 saturated heterocycles. The number of hydrogen-bond donors (Lipinski definition) is 2. The fourth-order valence-corrected chi connectivity index (χ4v) is 2.90. The number of nitrogen functional groups attached to an aromatic ring is 1. The van der Waals surface area contributed by atoms with Crippen molar-refractivity contribution in [3.8, 4) is 0 Å². The minimum atomic E-state index is -0.268. The zero-order valence-electron chi connectivity index (χ0n) is 12.1. The summed E-state index contributed by atoms with van der Waals surface area (Å²) in [5.41, 5.74) is 3.79. The Labute approximate surface area is 120 Å². The highest BCUT2D eigenvalue weighted by Crippen LogP contribution is 2.29. The summed E-state index contributed by atoms with van der Waals surface area (Å²) in [7, 11) is 0. The van der Waals surface area contributed by atoms with Gasteiger partial charge in [-0.05, 0) is 36.5 Å². The lowest BCUT2D eigenvalue weighted by Gasteiger charge is -2.30. The Hall–Kier alpha value is -1.39. The van der Waals surface area contributed by atoms with Gasteiger partial charge in [-0.25, -0.2) is 5.84 Å². The van der Waals surface area contributed by atoms with Crippen molar-refractivity contribution < 1.29 is 9.53 Å². The van der Waals surface area contributed by atoms with Crippen molar-refractivity contribution in [3.63, 3.8) is 0 Å². The van der Waals surface area contributed by atoms with Gasteiger partial charge in [-0.15, -0.1) is 0 Å². The monoisotopic (exact) mass is 276 g/mol. The molecule has 0 bridgehead atoms. The maximum atomic E-state index is 11.3. The molecular formula is C16H24N2O2. The lowest BCUT2D eigenvalue weighted by atomic mass is 9.85. The Balaban J connectivity index is 1.88. The molecule has 1 fully saturated rings. The highest BCUT2D eigenvalue weighted by Gasteiger charge is 2.24. The second-order valence-corrected chi connectivity index (χ2v) is 5.47. The summed E-state index contributed by atoms with van der Waals surface area (Å²) in [6.45, 7) is 2.86. The second-order valence-electron chi connectivity index (χ2n) is 5.47. The van der Waals surface area contributed by atoms with Crippen LogP contribution in [0.5, 0.6) is 0 Å². The van der Waals surface area contributed by atoms with E-state index in [0.717, 1.165) is 5.56 Å². The third-order valence-electron chi connectivity index (χ3n) is 4.18. The van der Waals surface area contributed by atoms with Gasteiger partial charge in [-0.2, -0.15) is 0 Å². The van der Waals surface area contributed by atoms with Gasteiger partial charge in [0.05, 0.1) is 12.7 Å². The molecular weight excluding hydrogens is 252 g/mol. The first-order chi connectivity index (χ1) is 9.74. The summed E-state index contributed by atoms with van der Waals surface area (Å²) < 4.78 is 6.07. The highest BCUT2D eigenvalue weighted by atomic mass is 16.5. The summed E-state index contributed by atoms with van der Waals surface area (Å²) in [5, 5.41) is 0. The zero-order chi connectivity index (χ0) is 14.4.